The summed E-state index contributed by atoms with van der Waals surface area (Å²) in [4.78, 5) is 23.3. The third-order valence-electron chi connectivity index (χ3n) is 4.47. The number of nitrogens with two attached hydrogens (primary N) is 1. The maximum Gasteiger partial charge on any atom is 0.393 e. The molecular weight excluding hydrogens is 373 g/mol. The van der Waals surface area contributed by atoms with Gasteiger partial charge < -0.3 is 16.2 Å². The SMILES string of the molecule is CCC(c1ccc(Cl)c(NC(=O)[C@@H](N)C(C)C(F)(F)F)c1)[C@H](C)C(=O)O. The van der Waals surface area contributed by atoms with Gasteiger partial charge in [-0.05, 0) is 30.0 Å². The third-order valence-corrected chi connectivity index (χ3v) is 4.80. The van der Waals surface area contributed by atoms with Crippen molar-refractivity contribution in [3.63, 3.8) is 0 Å². The fourth-order valence-corrected chi connectivity index (χ4v) is 2.73. The number of amides is 1. The summed E-state index contributed by atoms with van der Waals surface area (Å²) < 4.78 is 38.1. The van der Waals surface area contributed by atoms with E-state index in [0.29, 0.717) is 12.0 Å². The van der Waals surface area contributed by atoms with E-state index in [1.54, 1.807) is 13.0 Å². The fraction of sp³-hybridized carbons (Fsp3) is 0.529. The van der Waals surface area contributed by atoms with Crippen molar-refractivity contribution in [2.75, 3.05) is 5.32 Å². The molecule has 0 bridgehead atoms. The topological polar surface area (TPSA) is 92.4 Å². The predicted octanol–water partition coefficient (Wildman–Crippen LogP) is 4.02. The molecule has 4 N–H and O–H groups in total. The van der Waals surface area contributed by atoms with Gasteiger partial charge in [0.15, 0.2) is 0 Å². The molecule has 0 saturated carbocycles. The van der Waals surface area contributed by atoms with E-state index in [1.165, 1.54) is 12.1 Å². The summed E-state index contributed by atoms with van der Waals surface area (Å²) in [7, 11) is 0. The number of carbonyl (C=O) groups excluding carboxylic acids is 1. The molecule has 0 aliphatic carbocycles. The van der Waals surface area contributed by atoms with E-state index in [-0.39, 0.29) is 16.6 Å². The lowest BCUT2D eigenvalue weighted by atomic mass is 9.85. The van der Waals surface area contributed by atoms with Crippen LogP contribution in [0.25, 0.3) is 0 Å². The zero-order chi connectivity index (χ0) is 20.2. The van der Waals surface area contributed by atoms with Crippen molar-refractivity contribution in [3.8, 4) is 0 Å². The van der Waals surface area contributed by atoms with Crippen LogP contribution in [0.2, 0.25) is 5.02 Å². The van der Waals surface area contributed by atoms with Gasteiger partial charge in [-0.15, -0.1) is 0 Å². The Hall–Kier alpha value is -1.80. The van der Waals surface area contributed by atoms with Crippen LogP contribution < -0.4 is 11.1 Å². The van der Waals surface area contributed by atoms with Gasteiger partial charge in [0.25, 0.3) is 0 Å². The second kappa shape index (κ2) is 8.73. The minimum atomic E-state index is -4.60. The van der Waals surface area contributed by atoms with E-state index in [9.17, 15) is 27.9 Å². The third kappa shape index (κ3) is 5.35. The lowest BCUT2D eigenvalue weighted by Crippen LogP contribution is -2.46. The molecule has 0 saturated heterocycles. The van der Waals surface area contributed by atoms with E-state index in [4.69, 9.17) is 17.3 Å². The van der Waals surface area contributed by atoms with Crippen molar-refractivity contribution in [3.05, 3.63) is 28.8 Å². The van der Waals surface area contributed by atoms with Gasteiger partial charge in [-0.1, -0.05) is 38.4 Å². The number of nitrogens with one attached hydrogen (secondary N) is 1. The average molecular weight is 395 g/mol. The maximum absolute atomic E-state index is 12.7. The van der Waals surface area contributed by atoms with Gasteiger partial charge in [-0.25, -0.2) is 0 Å². The van der Waals surface area contributed by atoms with Gasteiger partial charge in [0.05, 0.1) is 28.6 Å². The van der Waals surface area contributed by atoms with Crippen LogP contribution in [-0.4, -0.2) is 29.2 Å². The Morgan fingerprint density at radius 3 is 2.35 bits per heavy atom. The fourth-order valence-electron chi connectivity index (χ4n) is 2.57. The van der Waals surface area contributed by atoms with Crippen molar-refractivity contribution >= 4 is 29.2 Å². The highest BCUT2D eigenvalue weighted by atomic mass is 35.5. The number of carboxylic acids is 1. The summed E-state index contributed by atoms with van der Waals surface area (Å²) >= 11 is 6.01. The largest absolute Gasteiger partial charge is 0.481 e. The predicted molar refractivity (Wildman–Crippen MR) is 93.1 cm³/mol. The van der Waals surface area contributed by atoms with E-state index < -0.39 is 35.9 Å². The summed E-state index contributed by atoms with van der Waals surface area (Å²) in [6.07, 6.45) is -4.08. The van der Waals surface area contributed by atoms with E-state index >= 15 is 0 Å². The molecule has 1 amide bonds. The van der Waals surface area contributed by atoms with Crippen molar-refractivity contribution < 1.29 is 27.9 Å². The van der Waals surface area contributed by atoms with Crippen molar-refractivity contribution in [1.29, 1.82) is 0 Å². The monoisotopic (exact) mass is 394 g/mol. The van der Waals surface area contributed by atoms with E-state index in [0.717, 1.165) is 6.92 Å². The number of carbonyl (C=O) groups is 2. The molecule has 1 aromatic rings. The number of benzene rings is 1. The molecule has 26 heavy (non-hydrogen) atoms. The Labute approximate surface area is 154 Å². The molecule has 9 heteroatoms. The molecule has 2 unspecified atom stereocenters. The van der Waals surface area contributed by atoms with Crippen molar-refractivity contribution in [2.24, 2.45) is 17.6 Å². The quantitative estimate of drug-likeness (QED) is 0.651. The summed E-state index contributed by atoms with van der Waals surface area (Å²) in [5.41, 5.74) is 6.11. The molecular formula is C17H22ClF3N2O3. The number of carboxylic acid groups (broad SMARTS) is 1. The zero-order valence-corrected chi connectivity index (χ0v) is 15.4. The average Bonchev–Trinajstić information content (AvgIpc) is 2.55. The highest BCUT2D eigenvalue weighted by molar-refractivity contribution is 6.33. The highest BCUT2D eigenvalue weighted by Gasteiger charge is 2.42. The Morgan fingerprint density at radius 2 is 1.88 bits per heavy atom. The molecule has 146 valence electrons. The minimum Gasteiger partial charge on any atom is -0.481 e. The van der Waals surface area contributed by atoms with Gasteiger partial charge in [0.1, 0.15) is 0 Å². The molecule has 4 atom stereocenters. The summed E-state index contributed by atoms with van der Waals surface area (Å²) in [5.74, 6) is -5.05. The van der Waals surface area contributed by atoms with Crippen LogP contribution in [0.5, 0.6) is 0 Å². The minimum absolute atomic E-state index is 0.0926. The molecule has 0 aliphatic heterocycles. The Balaban J connectivity index is 3.07. The van der Waals surface area contributed by atoms with Crippen LogP contribution in [0.15, 0.2) is 18.2 Å². The molecule has 0 heterocycles. The molecule has 0 fully saturated rings. The summed E-state index contributed by atoms with van der Waals surface area (Å²) in [5, 5.41) is 11.6. The second-order valence-electron chi connectivity index (χ2n) is 6.23. The molecule has 1 rings (SSSR count). The Kier molecular flexibility index (Phi) is 7.46. The first-order valence-corrected chi connectivity index (χ1v) is 8.43. The first kappa shape index (κ1) is 22.2. The Bertz CT molecular complexity index is 667. The number of aliphatic carboxylic acids is 1. The van der Waals surface area contributed by atoms with Gasteiger partial charge in [-0.3, -0.25) is 9.59 Å². The smallest absolute Gasteiger partial charge is 0.393 e. The molecule has 0 aliphatic rings. The standard InChI is InChI=1S/C17H22ClF3N2O3/c1-4-11(8(2)16(25)26)10-5-6-12(18)13(7-10)23-15(24)14(22)9(3)17(19,20)21/h5-9,11,14H,4,22H2,1-3H3,(H,23,24)(H,25,26)/t8-,9?,11?,14-/m0/s1. The number of alkyl halides is 3. The van der Waals surface area contributed by atoms with Crippen LogP contribution in [0.3, 0.4) is 0 Å². The summed E-state index contributed by atoms with van der Waals surface area (Å²) in [6.45, 7) is 4.20. The number of rotatable bonds is 7. The van der Waals surface area contributed by atoms with Gasteiger partial charge in [0, 0.05) is 0 Å². The molecule has 0 aromatic heterocycles. The van der Waals surface area contributed by atoms with Crippen LogP contribution in [0.4, 0.5) is 18.9 Å². The summed E-state index contributed by atoms with van der Waals surface area (Å²) in [6, 6.07) is 2.76. The first-order chi connectivity index (χ1) is 11.9. The Morgan fingerprint density at radius 1 is 1.31 bits per heavy atom. The first-order valence-electron chi connectivity index (χ1n) is 8.05. The highest BCUT2D eigenvalue weighted by Crippen LogP contribution is 2.33. The molecule has 5 nitrogen and oxygen atoms in total. The molecule has 1 aromatic carbocycles. The van der Waals surface area contributed by atoms with Crippen LogP contribution in [0, 0.1) is 11.8 Å². The van der Waals surface area contributed by atoms with Gasteiger partial charge in [0.2, 0.25) is 5.91 Å². The lowest BCUT2D eigenvalue weighted by molar-refractivity contribution is -0.176. The molecule has 0 radical (unpaired) electrons. The van der Waals surface area contributed by atoms with Crippen LogP contribution >= 0.6 is 11.6 Å². The van der Waals surface area contributed by atoms with Gasteiger partial charge in [-0.2, -0.15) is 13.2 Å². The zero-order valence-electron chi connectivity index (χ0n) is 14.6. The molecule has 0 spiro atoms. The van der Waals surface area contributed by atoms with E-state index in [1.807, 2.05) is 6.92 Å². The van der Waals surface area contributed by atoms with Crippen molar-refractivity contribution in [1.82, 2.24) is 0 Å². The van der Waals surface area contributed by atoms with Crippen LogP contribution in [0.1, 0.15) is 38.7 Å². The lowest BCUT2D eigenvalue weighted by Gasteiger charge is -2.23. The van der Waals surface area contributed by atoms with Gasteiger partial charge >= 0.3 is 12.1 Å². The number of halogens is 4. The van der Waals surface area contributed by atoms with Crippen LogP contribution in [-0.2, 0) is 9.59 Å². The second-order valence-corrected chi connectivity index (χ2v) is 6.63. The maximum atomic E-state index is 12.7. The number of hydrogen-bond donors (Lipinski definition) is 3. The number of anilines is 1. The van der Waals surface area contributed by atoms with E-state index in [2.05, 4.69) is 5.32 Å². The van der Waals surface area contributed by atoms with Crippen molar-refractivity contribution in [2.45, 2.75) is 45.3 Å². The normalized spacial score (nSPS) is 16.5. The number of hydrogen-bond acceptors (Lipinski definition) is 3.